The largest absolute Gasteiger partial charge is 0.352 e. The van der Waals surface area contributed by atoms with E-state index in [0.717, 1.165) is 55.7 Å². The fourth-order valence-corrected chi connectivity index (χ4v) is 2.89. The van der Waals surface area contributed by atoms with Crippen molar-refractivity contribution in [2.24, 2.45) is 0 Å². The van der Waals surface area contributed by atoms with Gasteiger partial charge in [0.2, 0.25) is 11.6 Å². The molecular formula is C15H18N8. The average molecular weight is 310 g/mol. The average Bonchev–Trinajstić information content (AvgIpc) is 2.91. The molecule has 3 aromatic rings. The number of rotatable bonds is 2. The molecule has 0 amide bonds. The lowest BCUT2D eigenvalue weighted by Gasteiger charge is -2.22. The van der Waals surface area contributed by atoms with E-state index >= 15 is 0 Å². The van der Waals surface area contributed by atoms with Crippen molar-refractivity contribution >= 4 is 17.4 Å². The molecule has 23 heavy (non-hydrogen) atoms. The van der Waals surface area contributed by atoms with Crippen LogP contribution in [-0.4, -0.2) is 55.7 Å². The molecule has 0 radical (unpaired) electrons. The maximum Gasteiger partial charge on any atom is 0.225 e. The van der Waals surface area contributed by atoms with Gasteiger partial charge in [-0.2, -0.15) is 0 Å². The molecule has 1 fully saturated rings. The van der Waals surface area contributed by atoms with Crippen molar-refractivity contribution in [3.63, 3.8) is 0 Å². The quantitative estimate of drug-likeness (QED) is 0.697. The Balaban J connectivity index is 1.56. The summed E-state index contributed by atoms with van der Waals surface area (Å²) in [5, 5.41) is 8.15. The van der Waals surface area contributed by atoms with Crippen LogP contribution in [0.5, 0.6) is 0 Å². The molecule has 8 nitrogen and oxygen atoms in total. The van der Waals surface area contributed by atoms with Gasteiger partial charge >= 0.3 is 0 Å². The summed E-state index contributed by atoms with van der Waals surface area (Å²) in [6.45, 7) is 5.58. The van der Waals surface area contributed by atoms with Crippen LogP contribution in [0.2, 0.25) is 0 Å². The number of hydrogen-bond acceptors (Lipinski definition) is 7. The summed E-state index contributed by atoms with van der Waals surface area (Å²) in [4.78, 5) is 17.9. The number of aromatic nitrogens is 6. The molecule has 1 saturated heterocycles. The van der Waals surface area contributed by atoms with Crippen molar-refractivity contribution in [3.8, 4) is 0 Å². The molecule has 0 spiro atoms. The topological polar surface area (TPSA) is 75.3 Å². The summed E-state index contributed by atoms with van der Waals surface area (Å²) in [5.41, 5.74) is 1.79. The van der Waals surface area contributed by atoms with E-state index in [0.29, 0.717) is 0 Å². The molecule has 4 heterocycles. The zero-order chi connectivity index (χ0) is 15.6. The van der Waals surface area contributed by atoms with E-state index < -0.39 is 0 Å². The maximum atomic E-state index is 4.53. The molecule has 0 N–H and O–H groups in total. The normalized spacial score (nSPS) is 15.9. The van der Waals surface area contributed by atoms with Crippen LogP contribution in [-0.2, 0) is 0 Å². The van der Waals surface area contributed by atoms with Crippen LogP contribution in [0.4, 0.5) is 11.8 Å². The highest BCUT2D eigenvalue weighted by atomic mass is 15.3. The third-order valence-electron chi connectivity index (χ3n) is 4.06. The van der Waals surface area contributed by atoms with Crippen LogP contribution in [0.25, 0.3) is 5.65 Å². The smallest absolute Gasteiger partial charge is 0.225 e. The number of anilines is 2. The van der Waals surface area contributed by atoms with Crippen molar-refractivity contribution in [2.45, 2.75) is 13.3 Å². The van der Waals surface area contributed by atoms with E-state index in [1.165, 1.54) is 0 Å². The molecule has 1 aliphatic heterocycles. The monoisotopic (exact) mass is 310 g/mol. The van der Waals surface area contributed by atoms with Crippen LogP contribution in [0.15, 0.2) is 31.0 Å². The number of fused-ring (bicyclic) bond motifs is 1. The van der Waals surface area contributed by atoms with E-state index in [2.05, 4.69) is 34.9 Å². The van der Waals surface area contributed by atoms with E-state index in [9.17, 15) is 0 Å². The lowest BCUT2D eigenvalue weighted by Crippen LogP contribution is -2.32. The predicted octanol–water partition coefficient (Wildman–Crippen LogP) is 0.939. The summed E-state index contributed by atoms with van der Waals surface area (Å²) in [6.07, 6.45) is 8.19. The number of nitrogens with zero attached hydrogens (tertiary/aromatic N) is 8. The minimum atomic E-state index is 0.799. The van der Waals surface area contributed by atoms with Gasteiger partial charge in [0.15, 0.2) is 5.82 Å². The molecule has 0 atom stereocenters. The lowest BCUT2D eigenvalue weighted by molar-refractivity contribution is 0.778. The first-order chi connectivity index (χ1) is 11.3. The maximum absolute atomic E-state index is 4.53. The minimum absolute atomic E-state index is 0.799. The fraction of sp³-hybridized carbons (Fsp3) is 0.400. The molecule has 3 aromatic heterocycles. The third-order valence-corrected chi connectivity index (χ3v) is 4.06. The van der Waals surface area contributed by atoms with Crippen molar-refractivity contribution in [2.75, 3.05) is 36.0 Å². The molecular weight excluding hydrogens is 292 g/mol. The summed E-state index contributed by atoms with van der Waals surface area (Å²) >= 11 is 0. The Morgan fingerprint density at radius 3 is 2.78 bits per heavy atom. The summed E-state index contributed by atoms with van der Waals surface area (Å²) in [7, 11) is 0. The second-order valence-corrected chi connectivity index (χ2v) is 5.64. The van der Waals surface area contributed by atoms with Crippen LogP contribution >= 0.6 is 0 Å². The molecule has 118 valence electrons. The highest BCUT2D eigenvalue weighted by Gasteiger charge is 2.20. The Kier molecular flexibility index (Phi) is 3.49. The van der Waals surface area contributed by atoms with Crippen molar-refractivity contribution in [3.05, 3.63) is 36.7 Å². The first-order valence-electron chi connectivity index (χ1n) is 7.75. The molecule has 4 rings (SSSR count). The van der Waals surface area contributed by atoms with Crippen LogP contribution in [0.3, 0.4) is 0 Å². The van der Waals surface area contributed by atoms with Gasteiger partial charge in [-0.05, 0) is 19.4 Å². The summed E-state index contributed by atoms with van der Waals surface area (Å²) in [6, 6.07) is 1.92. The van der Waals surface area contributed by atoms with Gasteiger partial charge in [-0.15, -0.1) is 10.2 Å². The molecule has 8 heteroatoms. The zero-order valence-corrected chi connectivity index (χ0v) is 13.0. The van der Waals surface area contributed by atoms with E-state index in [4.69, 9.17) is 0 Å². The van der Waals surface area contributed by atoms with Gasteiger partial charge in [-0.25, -0.2) is 15.0 Å². The lowest BCUT2D eigenvalue weighted by atomic mass is 10.4. The van der Waals surface area contributed by atoms with Crippen molar-refractivity contribution in [1.82, 2.24) is 29.5 Å². The van der Waals surface area contributed by atoms with Gasteiger partial charge in [0.1, 0.15) is 6.33 Å². The Hall–Kier alpha value is -2.77. The van der Waals surface area contributed by atoms with Crippen LogP contribution in [0, 0.1) is 6.92 Å². The van der Waals surface area contributed by atoms with Crippen molar-refractivity contribution in [1.29, 1.82) is 0 Å². The standard InChI is InChI=1S/C15H18N8/c1-12-3-4-17-15(19-12)22-7-2-6-21(9-10-22)13-14-20-18-11-23(14)8-5-16-13/h3-5,8,11H,2,6-7,9-10H2,1H3. The molecule has 0 bridgehead atoms. The summed E-state index contributed by atoms with van der Waals surface area (Å²) in [5.74, 6) is 1.69. The summed E-state index contributed by atoms with van der Waals surface area (Å²) < 4.78 is 1.90. The highest BCUT2D eigenvalue weighted by molar-refractivity contribution is 5.63. The third kappa shape index (κ3) is 2.67. The predicted molar refractivity (Wildman–Crippen MR) is 86.6 cm³/mol. The first kappa shape index (κ1) is 13.9. The second-order valence-electron chi connectivity index (χ2n) is 5.64. The van der Waals surface area contributed by atoms with Gasteiger partial charge in [-0.3, -0.25) is 4.40 Å². The minimum Gasteiger partial charge on any atom is -0.352 e. The second kappa shape index (κ2) is 5.79. The van der Waals surface area contributed by atoms with E-state index in [1.54, 1.807) is 12.5 Å². The van der Waals surface area contributed by atoms with Crippen LogP contribution in [0.1, 0.15) is 12.1 Å². The SMILES string of the molecule is Cc1ccnc(N2CCCN(c3nccn4cnnc34)CC2)n1. The number of aryl methyl sites for hydroxylation is 1. The van der Waals surface area contributed by atoms with Crippen LogP contribution < -0.4 is 9.80 Å². The van der Waals surface area contributed by atoms with E-state index in [-0.39, 0.29) is 0 Å². The first-order valence-corrected chi connectivity index (χ1v) is 7.75. The zero-order valence-electron chi connectivity index (χ0n) is 13.0. The van der Waals surface area contributed by atoms with Gasteiger partial charge in [0, 0.05) is 50.5 Å². The molecule has 0 unspecified atom stereocenters. The fourth-order valence-electron chi connectivity index (χ4n) is 2.89. The highest BCUT2D eigenvalue weighted by Crippen LogP contribution is 2.19. The molecule has 0 aromatic carbocycles. The molecule has 0 aliphatic carbocycles. The van der Waals surface area contributed by atoms with Gasteiger partial charge in [0.05, 0.1) is 0 Å². The Labute approximate surface area is 133 Å². The number of hydrogen-bond donors (Lipinski definition) is 0. The Morgan fingerprint density at radius 1 is 1.00 bits per heavy atom. The van der Waals surface area contributed by atoms with Gasteiger partial charge in [0.25, 0.3) is 0 Å². The Morgan fingerprint density at radius 2 is 1.87 bits per heavy atom. The Bertz CT molecular complexity index is 814. The van der Waals surface area contributed by atoms with Gasteiger partial charge in [-0.1, -0.05) is 0 Å². The van der Waals surface area contributed by atoms with E-state index in [1.807, 2.05) is 29.8 Å². The molecule has 0 saturated carbocycles. The van der Waals surface area contributed by atoms with Crippen molar-refractivity contribution < 1.29 is 0 Å². The molecule has 1 aliphatic rings. The van der Waals surface area contributed by atoms with Gasteiger partial charge < -0.3 is 9.80 Å².